The highest BCUT2D eigenvalue weighted by Crippen LogP contribution is 2.44. The van der Waals surface area contributed by atoms with E-state index >= 15 is 0 Å². The fraction of sp³-hybridized carbons (Fsp3) is 0.393. The van der Waals surface area contributed by atoms with E-state index in [4.69, 9.17) is 22.1 Å². The number of alkyl halides is 6. The summed E-state index contributed by atoms with van der Waals surface area (Å²) in [5.41, 5.74) is 2.60. The van der Waals surface area contributed by atoms with Gasteiger partial charge in [0.25, 0.3) is 0 Å². The Balaban J connectivity index is 1.45. The Kier molecular flexibility index (Phi) is 8.31. The highest BCUT2D eigenvalue weighted by Gasteiger charge is 2.46. The molecule has 0 bridgehead atoms. The van der Waals surface area contributed by atoms with Crippen LogP contribution < -0.4 is 20.7 Å². The first-order valence-corrected chi connectivity index (χ1v) is 13.7. The largest absolute Gasteiger partial charge is 0.480 e. The van der Waals surface area contributed by atoms with E-state index in [-0.39, 0.29) is 33.3 Å². The normalized spacial score (nSPS) is 19.3. The zero-order chi connectivity index (χ0) is 32.0. The molecule has 16 heteroatoms. The van der Waals surface area contributed by atoms with Gasteiger partial charge in [-0.3, -0.25) is 4.79 Å². The van der Waals surface area contributed by atoms with Crippen molar-refractivity contribution in [2.75, 3.05) is 30.3 Å². The number of hydrogen-bond acceptors (Lipinski definition) is 7. The van der Waals surface area contributed by atoms with Crippen LogP contribution in [0.15, 0.2) is 42.5 Å². The minimum atomic E-state index is -5.10. The minimum Gasteiger partial charge on any atom is -0.480 e. The molecule has 236 valence electrons. The molecule has 2 atom stereocenters. The van der Waals surface area contributed by atoms with Gasteiger partial charge in [-0.05, 0) is 60.1 Å². The van der Waals surface area contributed by atoms with Gasteiger partial charge in [0.2, 0.25) is 17.9 Å². The van der Waals surface area contributed by atoms with Gasteiger partial charge in [-0.1, -0.05) is 23.7 Å². The Morgan fingerprint density at radius 1 is 1.09 bits per heavy atom. The second-order valence-corrected chi connectivity index (χ2v) is 11.3. The molecule has 4 N–H and O–H groups in total. The fourth-order valence-corrected chi connectivity index (χ4v) is 5.85. The van der Waals surface area contributed by atoms with E-state index in [0.29, 0.717) is 51.0 Å². The van der Waals surface area contributed by atoms with Crippen LogP contribution in [0.4, 0.5) is 42.5 Å². The number of nitrogen functional groups attached to an aromatic ring is 1. The second kappa shape index (κ2) is 11.6. The average Bonchev–Trinajstić information content (AvgIpc) is 3.35. The van der Waals surface area contributed by atoms with Crippen LogP contribution in [-0.4, -0.2) is 52.9 Å². The number of aliphatic carboxylic acids is 1. The molecule has 3 aromatic rings. The first-order chi connectivity index (χ1) is 20.5. The monoisotopic (exact) mass is 647 g/mol. The lowest BCUT2D eigenvalue weighted by atomic mass is 9.76. The first kappa shape index (κ1) is 31.6. The standard InChI is InChI=1S/C28H25ClF7N5O3/c29-15-2-3-16(17(10-15)14-1-4-19(30)18(9-14)27(31,32)33)23(28(34,35)36)44-22-11-21(39-25(37)40-22)41-7-5-26(6-8-41)12-20(24(42)43)38-13-26/h1-4,9-11,20,23,38H,5-8,12-13H2,(H,42,43)(H2,37,39,40)/t20?,23-/m1/s1. The molecule has 2 aromatic carbocycles. The average molecular weight is 648 g/mol. The molecular weight excluding hydrogens is 623 g/mol. The lowest BCUT2D eigenvalue weighted by molar-refractivity contribution is -0.198. The summed E-state index contributed by atoms with van der Waals surface area (Å²) in [5, 5.41) is 12.2. The summed E-state index contributed by atoms with van der Waals surface area (Å²) >= 11 is 6.01. The maximum Gasteiger partial charge on any atom is 0.429 e. The van der Waals surface area contributed by atoms with Crippen molar-refractivity contribution in [1.29, 1.82) is 0 Å². The molecule has 0 amide bonds. The summed E-state index contributed by atoms with van der Waals surface area (Å²) < 4.78 is 103. The molecule has 1 spiro atoms. The number of nitrogens with two attached hydrogens (primary N) is 1. The smallest absolute Gasteiger partial charge is 0.429 e. The Hall–Kier alpha value is -3.85. The Morgan fingerprint density at radius 2 is 1.80 bits per heavy atom. The van der Waals surface area contributed by atoms with Crippen LogP contribution >= 0.6 is 11.6 Å². The number of piperidine rings is 1. The van der Waals surface area contributed by atoms with Crippen molar-refractivity contribution in [3.8, 4) is 17.0 Å². The molecule has 3 heterocycles. The Bertz CT molecular complexity index is 1560. The summed E-state index contributed by atoms with van der Waals surface area (Å²) in [5.74, 6) is -3.25. The van der Waals surface area contributed by atoms with Crippen molar-refractivity contribution in [1.82, 2.24) is 15.3 Å². The molecule has 8 nitrogen and oxygen atoms in total. The third-order valence-electron chi connectivity index (χ3n) is 7.93. The van der Waals surface area contributed by atoms with Gasteiger partial charge < -0.3 is 25.8 Å². The summed E-state index contributed by atoms with van der Waals surface area (Å²) in [4.78, 5) is 21.1. The molecule has 0 aliphatic carbocycles. The molecule has 2 aliphatic heterocycles. The number of aromatic nitrogens is 2. The van der Waals surface area contributed by atoms with Gasteiger partial charge >= 0.3 is 18.3 Å². The zero-order valence-electron chi connectivity index (χ0n) is 22.6. The van der Waals surface area contributed by atoms with Gasteiger partial charge in [0.15, 0.2) is 0 Å². The van der Waals surface area contributed by atoms with E-state index in [9.17, 15) is 40.6 Å². The van der Waals surface area contributed by atoms with E-state index < -0.39 is 53.3 Å². The van der Waals surface area contributed by atoms with Crippen molar-refractivity contribution in [2.24, 2.45) is 5.41 Å². The zero-order valence-corrected chi connectivity index (χ0v) is 23.4. The molecule has 0 radical (unpaired) electrons. The summed E-state index contributed by atoms with van der Waals surface area (Å²) in [6, 6.07) is 5.46. The van der Waals surface area contributed by atoms with E-state index in [1.54, 1.807) is 4.90 Å². The summed E-state index contributed by atoms with van der Waals surface area (Å²) in [7, 11) is 0. The number of ether oxygens (including phenoxy) is 1. The Labute approximate surface area is 251 Å². The summed E-state index contributed by atoms with van der Waals surface area (Å²) in [6.07, 6.45) is -11.3. The number of benzene rings is 2. The number of carbonyl (C=O) groups is 1. The van der Waals surface area contributed by atoms with Crippen LogP contribution in [-0.2, 0) is 11.0 Å². The molecule has 1 unspecified atom stereocenters. The van der Waals surface area contributed by atoms with Gasteiger partial charge in [0.1, 0.15) is 17.7 Å². The van der Waals surface area contributed by atoms with Gasteiger partial charge in [-0.2, -0.15) is 36.3 Å². The fourth-order valence-electron chi connectivity index (χ4n) is 5.68. The van der Waals surface area contributed by atoms with Crippen molar-refractivity contribution in [2.45, 2.75) is 43.8 Å². The number of carboxylic acid groups (broad SMARTS) is 1. The van der Waals surface area contributed by atoms with E-state index in [2.05, 4.69) is 15.3 Å². The first-order valence-electron chi connectivity index (χ1n) is 13.3. The number of hydrogen-bond donors (Lipinski definition) is 3. The van der Waals surface area contributed by atoms with Crippen molar-refractivity contribution in [3.63, 3.8) is 0 Å². The molecule has 1 aromatic heterocycles. The summed E-state index contributed by atoms with van der Waals surface area (Å²) in [6.45, 7) is 1.35. The highest BCUT2D eigenvalue weighted by molar-refractivity contribution is 6.30. The van der Waals surface area contributed by atoms with Crippen LogP contribution in [0, 0.1) is 11.2 Å². The molecule has 2 fully saturated rings. The van der Waals surface area contributed by atoms with Crippen LogP contribution in [0.3, 0.4) is 0 Å². The lowest BCUT2D eigenvalue weighted by Crippen LogP contribution is -2.41. The lowest BCUT2D eigenvalue weighted by Gasteiger charge is -2.39. The van der Waals surface area contributed by atoms with Crippen LogP contribution in [0.2, 0.25) is 5.02 Å². The van der Waals surface area contributed by atoms with Crippen molar-refractivity contribution < 1.29 is 45.4 Å². The number of halogens is 8. The molecule has 44 heavy (non-hydrogen) atoms. The third kappa shape index (κ3) is 6.62. The van der Waals surface area contributed by atoms with Crippen molar-refractivity contribution >= 4 is 29.3 Å². The van der Waals surface area contributed by atoms with Gasteiger partial charge in [0.05, 0.1) is 5.56 Å². The molecule has 2 aliphatic rings. The molecular formula is C28H25ClF7N5O3. The third-order valence-corrected chi connectivity index (χ3v) is 8.16. The molecule has 0 saturated carbocycles. The van der Waals surface area contributed by atoms with E-state index in [0.717, 1.165) is 24.3 Å². The number of carboxylic acids is 1. The quantitative estimate of drug-likeness (QED) is 0.269. The van der Waals surface area contributed by atoms with Gasteiger partial charge in [-0.15, -0.1) is 0 Å². The number of nitrogens with one attached hydrogen (secondary N) is 1. The Morgan fingerprint density at radius 3 is 2.41 bits per heavy atom. The van der Waals surface area contributed by atoms with Gasteiger partial charge in [-0.25, -0.2) is 4.39 Å². The van der Waals surface area contributed by atoms with Crippen molar-refractivity contribution in [3.05, 3.63) is 64.4 Å². The number of nitrogens with zero attached hydrogens (tertiary/aromatic N) is 3. The van der Waals surface area contributed by atoms with Crippen LogP contribution in [0.5, 0.6) is 5.88 Å². The maximum atomic E-state index is 14.5. The SMILES string of the molecule is Nc1nc(O[C@H](c2ccc(Cl)cc2-c2ccc(F)c(C(F)(F)F)c2)C(F)(F)F)cc(N2CCC3(CC2)CNC(C(=O)O)C3)n1. The second-order valence-electron chi connectivity index (χ2n) is 10.8. The van der Waals surface area contributed by atoms with E-state index in [1.807, 2.05) is 0 Å². The predicted octanol–water partition coefficient (Wildman–Crippen LogP) is 6.25. The van der Waals surface area contributed by atoms with Crippen LogP contribution in [0.1, 0.15) is 36.5 Å². The molecule has 2 saturated heterocycles. The van der Waals surface area contributed by atoms with Crippen LogP contribution in [0.25, 0.3) is 11.1 Å². The number of rotatable bonds is 6. The van der Waals surface area contributed by atoms with Gasteiger partial charge in [0, 0.05) is 36.3 Å². The highest BCUT2D eigenvalue weighted by atomic mass is 35.5. The predicted molar refractivity (Wildman–Crippen MR) is 146 cm³/mol. The topological polar surface area (TPSA) is 114 Å². The minimum absolute atomic E-state index is 0.0777. The number of anilines is 2. The maximum absolute atomic E-state index is 14.5. The van der Waals surface area contributed by atoms with E-state index in [1.165, 1.54) is 6.07 Å². The molecule has 5 rings (SSSR count).